The minimum absolute atomic E-state index is 0.0119. The summed E-state index contributed by atoms with van der Waals surface area (Å²) in [6, 6.07) is 10.6. The molecule has 31 heteroatoms. The molecule has 0 unspecified atom stereocenters. The second-order valence-electron chi connectivity index (χ2n) is 22.1. The predicted molar refractivity (Wildman–Crippen MR) is 337 cm³/mol. The number of phenolic OH excluding ortho intramolecular Hbond substituents is 1. The van der Waals surface area contributed by atoms with E-state index in [1.54, 1.807) is 62.5 Å². The van der Waals surface area contributed by atoms with Gasteiger partial charge in [-0.25, -0.2) is 15.0 Å². The number of phenols is 1. The van der Waals surface area contributed by atoms with E-state index in [9.17, 15) is 63.0 Å². The molecule has 0 aliphatic heterocycles. The van der Waals surface area contributed by atoms with E-state index < -0.39 is 126 Å². The number of carbonyl (C=O) groups is 11. The minimum atomic E-state index is -1.88. The van der Waals surface area contributed by atoms with Gasteiger partial charge in [0.2, 0.25) is 47.3 Å². The summed E-state index contributed by atoms with van der Waals surface area (Å²) >= 11 is 0. The third kappa shape index (κ3) is 23.9. The molecule has 3 aromatic carbocycles. The normalized spacial score (nSPS) is 14.1. The summed E-state index contributed by atoms with van der Waals surface area (Å²) in [5.41, 5.74) is 24.4. The van der Waals surface area contributed by atoms with E-state index in [1.807, 2.05) is 24.3 Å². The molecule has 0 aliphatic carbocycles. The van der Waals surface area contributed by atoms with Crippen LogP contribution in [0.1, 0.15) is 69.2 Å². The quantitative estimate of drug-likeness (QED) is 0.00897. The SMILES string of the molecule is CN=C(N)NCCC[C@H](NC(=O)[C@H](CC(C)C)NC(=O)NNC(=O)[C@H](Cc1ccccc1)NC(=O)[C@@H](NC(=O)[C@H](CNC(N)=O)NC(=O)[C@@H](Cc1ccncc1)NC(=O)[C@@H](Cc1ccc(O)cc1)NC(C)=O)[C@@H](C)O)C(=O)N[C@@H](Cc1c[nH]c2ccccc12)C(N)=O. The molecule has 31 nitrogen and oxygen atoms in total. The van der Waals surface area contributed by atoms with Gasteiger partial charge in [-0.05, 0) is 84.7 Å². The Hall–Kier alpha value is -10.9. The maximum absolute atomic E-state index is 14.3. The van der Waals surface area contributed by atoms with Gasteiger partial charge in [0.1, 0.15) is 54.1 Å². The molecule has 2 aromatic heterocycles. The smallest absolute Gasteiger partial charge is 0.334 e. The van der Waals surface area contributed by atoms with Crippen molar-refractivity contribution in [3.8, 4) is 5.75 Å². The van der Waals surface area contributed by atoms with Crippen LogP contribution in [0.2, 0.25) is 0 Å². The Bertz CT molecular complexity index is 3370. The van der Waals surface area contributed by atoms with Crippen LogP contribution in [0.3, 0.4) is 0 Å². The number of benzene rings is 3. The highest BCUT2D eigenvalue weighted by Crippen LogP contribution is 2.20. The first-order valence-electron chi connectivity index (χ1n) is 29.5. The number of guanidine groups is 1. The van der Waals surface area contributed by atoms with Gasteiger partial charge in [-0.1, -0.05) is 74.5 Å². The number of hydrogen-bond donors (Lipinski definition) is 18. The number of nitrogens with two attached hydrogens (primary N) is 3. The number of aliphatic hydroxyl groups excluding tert-OH is 1. The molecule has 2 heterocycles. The van der Waals surface area contributed by atoms with Crippen LogP contribution in [0.5, 0.6) is 5.75 Å². The van der Waals surface area contributed by atoms with Gasteiger partial charge in [-0.2, -0.15) is 0 Å². The van der Waals surface area contributed by atoms with Gasteiger partial charge in [0.25, 0.3) is 5.91 Å². The van der Waals surface area contributed by atoms with Crippen LogP contribution in [-0.2, 0) is 68.8 Å². The van der Waals surface area contributed by atoms with Crippen molar-refractivity contribution in [1.29, 1.82) is 0 Å². The van der Waals surface area contributed by atoms with Crippen LogP contribution in [0, 0.1) is 5.92 Å². The second kappa shape index (κ2) is 36.0. The molecule has 5 aromatic rings. The summed E-state index contributed by atoms with van der Waals surface area (Å²) < 4.78 is 0. The number of nitrogens with zero attached hydrogens (tertiary/aromatic N) is 2. The molecule has 0 aliphatic rings. The molecule has 92 heavy (non-hydrogen) atoms. The Labute approximate surface area is 530 Å². The van der Waals surface area contributed by atoms with Crippen LogP contribution < -0.4 is 81.2 Å². The molecule has 494 valence electrons. The third-order valence-electron chi connectivity index (χ3n) is 14.2. The number of rotatable bonds is 33. The number of hydrogen-bond acceptors (Lipinski definition) is 15. The van der Waals surface area contributed by atoms with Crippen LogP contribution in [-0.4, -0.2) is 166 Å². The number of aromatic amines is 1. The summed E-state index contributed by atoms with van der Waals surface area (Å²) in [5.74, 6) is -8.28. The summed E-state index contributed by atoms with van der Waals surface area (Å²) in [7, 11) is 1.48. The lowest BCUT2D eigenvalue weighted by Crippen LogP contribution is -2.63. The van der Waals surface area contributed by atoms with Crippen molar-refractivity contribution in [1.82, 2.24) is 74.0 Å². The maximum Gasteiger partial charge on any atom is 0.334 e. The number of aromatic hydroxyl groups is 1. The zero-order chi connectivity index (χ0) is 67.4. The number of aromatic nitrogens is 2. The number of para-hydroxylation sites is 1. The first-order chi connectivity index (χ1) is 43.8. The van der Waals surface area contributed by atoms with E-state index in [0.29, 0.717) is 22.3 Å². The van der Waals surface area contributed by atoms with Crippen molar-refractivity contribution in [3.05, 3.63) is 132 Å². The molecule has 0 radical (unpaired) electrons. The van der Waals surface area contributed by atoms with Gasteiger partial charge in [0.05, 0.1) is 6.10 Å². The molecule has 0 bridgehead atoms. The Morgan fingerprint density at radius 1 is 0.554 bits per heavy atom. The van der Waals surface area contributed by atoms with Gasteiger partial charge in [0.15, 0.2) is 5.96 Å². The highest BCUT2D eigenvalue weighted by molar-refractivity contribution is 5.98. The zero-order valence-electron chi connectivity index (χ0n) is 51.5. The van der Waals surface area contributed by atoms with Crippen molar-refractivity contribution in [3.63, 3.8) is 0 Å². The lowest BCUT2D eigenvalue weighted by atomic mass is 10.0. The van der Waals surface area contributed by atoms with Crippen LogP contribution in [0.15, 0.2) is 115 Å². The van der Waals surface area contributed by atoms with Crippen molar-refractivity contribution < 1.29 is 63.0 Å². The molecular weight excluding hydrogens is 1190 g/mol. The largest absolute Gasteiger partial charge is 0.508 e. The van der Waals surface area contributed by atoms with Crippen molar-refractivity contribution in [2.75, 3.05) is 20.1 Å². The average molecular weight is 1280 g/mol. The van der Waals surface area contributed by atoms with E-state index in [2.05, 4.69) is 79.0 Å². The second-order valence-corrected chi connectivity index (χ2v) is 22.1. The van der Waals surface area contributed by atoms with Gasteiger partial charge >= 0.3 is 12.1 Å². The van der Waals surface area contributed by atoms with E-state index in [-0.39, 0.29) is 69.1 Å². The number of nitrogens with one attached hydrogen (secondary N) is 13. The molecule has 9 atom stereocenters. The van der Waals surface area contributed by atoms with Crippen molar-refractivity contribution >= 4 is 82.1 Å². The lowest BCUT2D eigenvalue weighted by Gasteiger charge is -2.28. The molecule has 0 saturated carbocycles. The molecule has 0 fully saturated rings. The monoisotopic (exact) mass is 1270 g/mol. The zero-order valence-corrected chi connectivity index (χ0v) is 51.5. The first kappa shape index (κ1) is 71.9. The van der Waals surface area contributed by atoms with Crippen LogP contribution in [0.25, 0.3) is 10.9 Å². The van der Waals surface area contributed by atoms with Crippen molar-refractivity contribution in [2.45, 2.75) is 127 Å². The number of H-pyrrole nitrogens is 1. The third-order valence-corrected chi connectivity index (χ3v) is 14.2. The van der Waals surface area contributed by atoms with Crippen LogP contribution >= 0.6 is 0 Å². The topological polar surface area (TPSA) is 492 Å². The van der Waals surface area contributed by atoms with Gasteiger partial charge in [0, 0.05) is 82.2 Å². The fraction of sp³-hybridized carbons (Fsp3) is 0.393. The first-order valence-corrected chi connectivity index (χ1v) is 29.5. The lowest BCUT2D eigenvalue weighted by molar-refractivity contribution is -0.136. The number of primary amides is 2. The number of fused-ring (bicyclic) bond motifs is 1. The molecule has 0 saturated heterocycles. The molecule has 5 rings (SSSR count). The number of amides is 13. The summed E-state index contributed by atoms with van der Waals surface area (Å²) in [6.45, 7) is 5.41. The van der Waals surface area contributed by atoms with Crippen LogP contribution in [0.4, 0.5) is 9.59 Å². The van der Waals surface area contributed by atoms with Gasteiger partial charge < -0.3 is 85.6 Å². The summed E-state index contributed by atoms with van der Waals surface area (Å²) in [5, 5.41) is 47.0. The molecule has 21 N–H and O–H groups in total. The van der Waals surface area contributed by atoms with Gasteiger partial charge in [-0.3, -0.25) is 58.6 Å². The Morgan fingerprint density at radius 3 is 1.70 bits per heavy atom. The number of aliphatic imine (C=N–C) groups is 1. The Kier molecular flexibility index (Phi) is 28.1. The van der Waals surface area contributed by atoms with Gasteiger partial charge in [-0.15, -0.1) is 0 Å². The number of urea groups is 2. The predicted octanol–water partition coefficient (Wildman–Crippen LogP) is -2.45. The van der Waals surface area contributed by atoms with Crippen molar-refractivity contribution in [2.24, 2.45) is 28.1 Å². The number of aliphatic hydroxyl groups is 1. The molecular formula is C61H82N18O13. The maximum atomic E-state index is 14.3. The Balaban J connectivity index is 1.31. The Morgan fingerprint density at radius 2 is 1.09 bits per heavy atom. The number of carbonyl (C=O) groups excluding carboxylic acids is 11. The summed E-state index contributed by atoms with van der Waals surface area (Å²) in [6.07, 6.45) is 2.67. The van der Waals surface area contributed by atoms with E-state index in [4.69, 9.17) is 17.2 Å². The molecule has 13 amide bonds. The van der Waals surface area contributed by atoms with E-state index >= 15 is 0 Å². The van der Waals surface area contributed by atoms with E-state index in [0.717, 1.165) is 17.8 Å². The fourth-order valence-electron chi connectivity index (χ4n) is 9.48. The highest BCUT2D eigenvalue weighted by atomic mass is 16.3. The summed E-state index contributed by atoms with van der Waals surface area (Å²) in [4.78, 5) is 161. The number of pyridine rings is 1. The highest BCUT2D eigenvalue weighted by Gasteiger charge is 2.36. The fourth-order valence-corrected chi connectivity index (χ4v) is 9.48. The minimum Gasteiger partial charge on any atom is -0.508 e. The standard InChI is InChI=1S/C61H82N18O13/c1-33(2)26-45(53(85)71-43(16-11-23-67-59(63)65-5)52(84)72-44(51(62)83)30-39-31-68-42-15-10-9-14-41(39)42)76-61(92)79-78-57(89)48(27-36-12-7-6-8-13-36)74-58(90)50(34(3)80)77-56(88)49(32-69-60(64)91)75-55(87)47(29-38-21-24-66-25-22-38)73-54(86)46(70-35(4)81)28-37-17-19-40(82)20-18-37/h6-10,12-15,17-22,24-25,31,33-34,43-50,68,80,82H,11,16,23,26-30,32H2,1-5H3,(H2,62,83)(H,70,81)(H,71,85)(H,72,84)(H,73,86)(H,74,90)(H,75,87)(H,77,88)(H,78,89)(H3,63,65,67)(H3,64,69,91)(H2,76,79,92)/t34-,43+,44+,45+,46-,47-,48+,49+,50+/m1/s1. The number of hydrazine groups is 1. The van der Waals surface area contributed by atoms with E-state index in [1.165, 1.54) is 50.6 Å². The average Bonchev–Trinajstić information content (AvgIpc) is 2.08. The molecule has 0 spiro atoms.